The molecular weight excluding hydrogens is 268 g/mol. The molecule has 1 aromatic rings. The van der Waals surface area contributed by atoms with Crippen molar-refractivity contribution in [3.8, 4) is 0 Å². The monoisotopic (exact) mass is 282 g/mol. The zero-order valence-corrected chi connectivity index (χ0v) is 11.2. The van der Waals surface area contributed by atoms with E-state index in [4.69, 9.17) is 21.1 Å². The van der Waals surface area contributed by atoms with Crippen LogP contribution >= 0.6 is 11.6 Å². The number of hydrogen-bond donors (Lipinski definition) is 1. The highest BCUT2D eigenvalue weighted by Gasteiger charge is 2.46. The first-order valence-electron chi connectivity index (χ1n) is 6.23. The number of rotatable bonds is 1. The van der Waals surface area contributed by atoms with E-state index in [-0.39, 0.29) is 6.09 Å². The van der Waals surface area contributed by atoms with Crippen molar-refractivity contribution in [3.05, 3.63) is 29.3 Å². The predicted octanol–water partition coefficient (Wildman–Crippen LogP) is 1.66. The maximum atomic E-state index is 12.0. The lowest BCUT2D eigenvalue weighted by molar-refractivity contribution is -0.00744. The molecule has 2 saturated heterocycles. The largest absolute Gasteiger partial charge is 0.437 e. The molecule has 2 heterocycles. The first kappa shape index (κ1) is 12.7. The number of halogens is 1. The normalized spacial score (nSPS) is 27.4. The summed E-state index contributed by atoms with van der Waals surface area (Å²) in [5.41, 5.74) is 0.147. The van der Waals surface area contributed by atoms with E-state index in [1.807, 2.05) is 12.1 Å². The minimum atomic E-state index is -0.601. The molecule has 2 aliphatic rings. The Hall–Kier alpha value is -1.30. The van der Waals surface area contributed by atoms with Gasteiger partial charge in [0.05, 0.1) is 19.8 Å². The van der Waals surface area contributed by atoms with Crippen LogP contribution in [0.25, 0.3) is 0 Å². The Bertz CT molecular complexity index is 487. The molecule has 0 saturated carbocycles. The van der Waals surface area contributed by atoms with E-state index in [9.17, 15) is 4.79 Å². The van der Waals surface area contributed by atoms with E-state index >= 15 is 0 Å². The highest BCUT2D eigenvalue weighted by molar-refractivity contribution is 6.30. The van der Waals surface area contributed by atoms with Crippen LogP contribution in [0, 0.1) is 0 Å². The molecule has 0 unspecified atom stereocenters. The predicted molar refractivity (Wildman–Crippen MR) is 71.7 cm³/mol. The molecule has 5 nitrogen and oxygen atoms in total. The van der Waals surface area contributed by atoms with Crippen molar-refractivity contribution in [1.82, 2.24) is 5.32 Å². The average molecular weight is 283 g/mol. The molecule has 19 heavy (non-hydrogen) atoms. The van der Waals surface area contributed by atoms with Gasteiger partial charge in [0.2, 0.25) is 0 Å². The van der Waals surface area contributed by atoms with Gasteiger partial charge in [0, 0.05) is 23.8 Å². The third kappa shape index (κ3) is 2.54. The zero-order chi connectivity index (χ0) is 13.3. The molecule has 0 aromatic heterocycles. The molecule has 3 rings (SSSR count). The first-order chi connectivity index (χ1) is 9.19. The van der Waals surface area contributed by atoms with E-state index < -0.39 is 5.60 Å². The summed E-state index contributed by atoms with van der Waals surface area (Å²) in [5.74, 6) is 0. The first-order valence-corrected chi connectivity index (χ1v) is 6.61. The Morgan fingerprint density at radius 3 is 3.16 bits per heavy atom. The van der Waals surface area contributed by atoms with E-state index in [0.29, 0.717) is 31.3 Å². The summed E-state index contributed by atoms with van der Waals surface area (Å²) in [7, 11) is 0. The average Bonchev–Trinajstić information content (AvgIpc) is 2.57. The van der Waals surface area contributed by atoms with Crippen LogP contribution in [-0.4, -0.2) is 44.5 Å². The molecule has 1 amide bonds. The second-order valence-electron chi connectivity index (χ2n) is 4.85. The molecule has 0 radical (unpaired) electrons. The number of nitrogens with one attached hydrogen (secondary N) is 1. The molecule has 0 aliphatic carbocycles. The number of amides is 1. The fraction of sp³-hybridized carbons (Fsp3) is 0.462. The van der Waals surface area contributed by atoms with Crippen LogP contribution in [0.3, 0.4) is 0 Å². The third-order valence-corrected chi connectivity index (χ3v) is 3.56. The van der Waals surface area contributed by atoms with Crippen molar-refractivity contribution in [2.75, 3.05) is 37.7 Å². The van der Waals surface area contributed by atoms with Crippen LogP contribution in [0.4, 0.5) is 10.5 Å². The van der Waals surface area contributed by atoms with Gasteiger partial charge in [-0.2, -0.15) is 0 Å². The number of carbonyl (C=O) groups excluding carboxylic acids is 1. The highest BCUT2D eigenvalue weighted by atomic mass is 35.5. The summed E-state index contributed by atoms with van der Waals surface area (Å²) in [6.45, 7) is 2.91. The lowest BCUT2D eigenvalue weighted by atomic mass is 10.1. The fourth-order valence-electron chi connectivity index (χ4n) is 2.40. The van der Waals surface area contributed by atoms with E-state index in [1.165, 1.54) is 0 Å². The molecule has 1 N–H and O–H groups in total. The zero-order valence-electron chi connectivity index (χ0n) is 10.4. The summed E-state index contributed by atoms with van der Waals surface area (Å²) in [6.07, 6.45) is -0.352. The van der Waals surface area contributed by atoms with E-state index in [2.05, 4.69) is 5.32 Å². The maximum absolute atomic E-state index is 12.0. The Morgan fingerprint density at radius 2 is 2.32 bits per heavy atom. The molecule has 1 atom stereocenters. The van der Waals surface area contributed by atoms with Crippen molar-refractivity contribution < 1.29 is 14.3 Å². The molecule has 102 valence electrons. The van der Waals surface area contributed by atoms with Gasteiger partial charge in [-0.15, -0.1) is 0 Å². The summed E-state index contributed by atoms with van der Waals surface area (Å²) in [5, 5.41) is 3.83. The van der Waals surface area contributed by atoms with Crippen LogP contribution in [0.1, 0.15) is 0 Å². The van der Waals surface area contributed by atoms with Crippen LogP contribution in [0.15, 0.2) is 24.3 Å². The molecule has 1 spiro atoms. The second kappa shape index (κ2) is 5.00. The van der Waals surface area contributed by atoms with Gasteiger partial charge >= 0.3 is 6.09 Å². The van der Waals surface area contributed by atoms with E-state index in [0.717, 1.165) is 12.2 Å². The number of benzene rings is 1. The molecular formula is C13H15ClN2O3. The summed E-state index contributed by atoms with van der Waals surface area (Å²) in [6, 6.07) is 7.19. The number of nitrogens with zero attached hydrogens (tertiary/aromatic N) is 1. The van der Waals surface area contributed by atoms with Crippen LogP contribution in [0.5, 0.6) is 0 Å². The lowest BCUT2D eigenvalue weighted by Gasteiger charge is -2.24. The van der Waals surface area contributed by atoms with Gasteiger partial charge in [-0.05, 0) is 18.2 Å². The van der Waals surface area contributed by atoms with Crippen molar-refractivity contribution in [2.45, 2.75) is 5.60 Å². The fourth-order valence-corrected chi connectivity index (χ4v) is 2.59. The quantitative estimate of drug-likeness (QED) is 0.851. The minimum absolute atomic E-state index is 0.352. The highest BCUT2D eigenvalue weighted by Crippen LogP contribution is 2.30. The third-order valence-electron chi connectivity index (χ3n) is 3.33. The van der Waals surface area contributed by atoms with Crippen molar-refractivity contribution in [2.24, 2.45) is 0 Å². The molecule has 1 aromatic carbocycles. The SMILES string of the molecule is O=C1O[C@]2(CNCCOC2)CN1c1cccc(Cl)c1. The Morgan fingerprint density at radius 1 is 1.42 bits per heavy atom. The minimum Gasteiger partial charge on any atom is -0.437 e. The topological polar surface area (TPSA) is 50.8 Å². The Labute approximate surface area is 116 Å². The Kier molecular flexibility index (Phi) is 3.35. The van der Waals surface area contributed by atoms with Crippen LogP contribution in [0.2, 0.25) is 5.02 Å². The standard InChI is InChI=1S/C13H15ClN2O3/c14-10-2-1-3-11(6-10)16-8-13(19-12(16)17)7-15-4-5-18-9-13/h1-3,6,15H,4-5,7-9H2/t13-/m1/s1. The molecule has 2 fully saturated rings. The van der Waals surface area contributed by atoms with E-state index in [1.54, 1.807) is 17.0 Å². The van der Waals surface area contributed by atoms with Gasteiger partial charge < -0.3 is 14.8 Å². The van der Waals surface area contributed by atoms with Gasteiger partial charge in [-0.1, -0.05) is 17.7 Å². The number of ether oxygens (including phenoxy) is 2. The van der Waals surface area contributed by atoms with Crippen LogP contribution < -0.4 is 10.2 Å². The maximum Gasteiger partial charge on any atom is 0.415 e. The lowest BCUT2D eigenvalue weighted by Crippen LogP contribution is -2.46. The van der Waals surface area contributed by atoms with Gasteiger partial charge in [-0.3, -0.25) is 4.90 Å². The molecule has 0 bridgehead atoms. The Balaban J connectivity index is 1.83. The number of hydrogen-bond acceptors (Lipinski definition) is 4. The van der Waals surface area contributed by atoms with Crippen molar-refractivity contribution in [3.63, 3.8) is 0 Å². The summed E-state index contributed by atoms with van der Waals surface area (Å²) >= 11 is 5.96. The number of carbonyl (C=O) groups is 1. The second-order valence-corrected chi connectivity index (χ2v) is 5.28. The number of anilines is 1. The van der Waals surface area contributed by atoms with Gasteiger partial charge in [0.25, 0.3) is 0 Å². The summed E-state index contributed by atoms with van der Waals surface area (Å²) < 4.78 is 11.0. The van der Waals surface area contributed by atoms with Crippen LogP contribution in [-0.2, 0) is 9.47 Å². The van der Waals surface area contributed by atoms with Crippen molar-refractivity contribution >= 4 is 23.4 Å². The molecule has 2 aliphatic heterocycles. The van der Waals surface area contributed by atoms with Gasteiger partial charge in [0.1, 0.15) is 0 Å². The summed E-state index contributed by atoms with van der Waals surface area (Å²) in [4.78, 5) is 13.6. The van der Waals surface area contributed by atoms with Crippen molar-refractivity contribution in [1.29, 1.82) is 0 Å². The van der Waals surface area contributed by atoms with Gasteiger partial charge in [0.15, 0.2) is 5.60 Å². The molecule has 6 heteroatoms. The smallest absolute Gasteiger partial charge is 0.415 e. The van der Waals surface area contributed by atoms with Gasteiger partial charge in [-0.25, -0.2) is 4.79 Å².